The van der Waals surface area contributed by atoms with Gasteiger partial charge in [-0.15, -0.1) is 0 Å². The first-order chi connectivity index (χ1) is 18.5. The highest BCUT2D eigenvalue weighted by atomic mass is 16.6. The van der Waals surface area contributed by atoms with E-state index < -0.39 is 41.9 Å². The Kier molecular flexibility index (Phi) is 17.2. The first-order valence-corrected chi connectivity index (χ1v) is 14.9. The maximum absolute atomic E-state index is 12.8. The topological polar surface area (TPSA) is 90.9 Å². The summed E-state index contributed by atoms with van der Waals surface area (Å²) in [5, 5.41) is 2.87. The summed E-state index contributed by atoms with van der Waals surface area (Å²) >= 11 is 0. The fourth-order valence-electron chi connectivity index (χ4n) is 4.69. The summed E-state index contributed by atoms with van der Waals surface area (Å²) in [7, 11) is 0. The number of hydrogen-bond donors (Lipinski definition) is 1. The van der Waals surface area contributed by atoms with E-state index in [4.69, 9.17) is 14.2 Å². The zero-order valence-electron chi connectivity index (χ0n) is 25.3. The van der Waals surface area contributed by atoms with Crippen molar-refractivity contribution in [2.75, 3.05) is 0 Å². The van der Waals surface area contributed by atoms with Gasteiger partial charge in [-0.25, -0.2) is 4.79 Å². The Bertz CT molecular complexity index is 820. The molecule has 0 bridgehead atoms. The van der Waals surface area contributed by atoms with Gasteiger partial charge in [0.25, 0.3) is 0 Å². The smallest absolute Gasteiger partial charge is 0.408 e. The van der Waals surface area contributed by atoms with Crippen molar-refractivity contribution in [1.29, 1.82) is 0 Å². The summed E-state index contributed by atoms with van der Waals surface area (Å²) in [6.07, 6.45) is 12.9. The zero-order chi connectivity index (χ0) is 29.1. The van der Waals surface area contributed by atoms with Gasteiger partial charge >= 0.3 is 18.0 Å². The summed E-state index contributed by atoms with van der Waals surface area (Å²) in [6, 6.07) is 8.48. The van der Waals surface area contributed by atoms with E-state index in [0.717, 1.165) is 24.8 Å². The van der Waals surface area contributed by atoms with Crippen LogP contribution in [-0.4, -0.2) is 35.8 Å². The Labute approximate surface area is 236 Å². The van der Waals surface area contributed by atoms with Crippen molar-refractivity contribution in [3.05, 3.63) is 35.9 Å². The van der Waals surface area contributed by atoms with Crippen molar-refractivity contribution in [2.45, 2.75) is 149 Å². The van der Waals surface area contributed by atoms with E-state index in [2.05, 4.69) is 12.2 Å². The van der Waals surface area contributed by atoms with Crippen LogP contribution in [0.3, 0.4) is 0 Å². The number of rotatable bonds is 19. The van der Waals surface area contributed by atoms with E-state index in [1.807, 2.05) is 30.3 Å². The fraction of sp³-hybridized carbons (Fsp3) is 0.719. The summed E-state index contributed by atoms with van der Waals surface area (Å²) in [4.78, 5) is 37.0. The van der Waals surface area contributed by atoms with Gasteiger partial charge in [-0.1, -0.05) is 108 Å². The van der Waals surface area contributed by atoms with Gasteiger partial charge in [0.1, 0.15) is 11.7 Å². The average Bonchev–Trinajstić information content (AvgIpc) is 2.85. The summed E-state index contributed by atoms with van der Waals surface area (Å²) in [5.74, 6) is -0.973. The number of alkyl carbamates (subject to hydrolysis) is 1. The Hall–Kier alpha value is -2.57. The molecule has 7 nitrogen and oxygen atoms in total. The molecule has 7 heteroatoms. The Balaban J connectivity index is 2.82. The van der Waals surface area contributed by atoms with Crippen molar-refractivity contribution < 1.29 is 28.6 Å². The summed E-state index contributed by atoms with van der Waals surface area (Å²) < 4.78 is 16.9. The van der Waals surface area contributed by atoms with E-state index >= 15 is 0 Å². The number of ether oxygens (including phenoxy) is 3. The third-order valence-electron chi connectivity index (χ3n) is 6.49. The summed E-state index contributed by atoms with van der Waals surface area (Å²) in [6.45, 7) is 10.2. The van der Waals surface area contributed by atoms with Crippen LogP contribution >= 0.6 is 0 Å². The Morgan fingerprint density at radius 2 is 1.23 bits per heavy atom. The van der Waals surface area contributed by atoms with Crippen LogP contribution in [0.4, 0.5) is 4.79 Å². The van der Waals surface area contributed by atoms with Gasteiger partial charge in [-0.05, 0) is 39.2 Å². The van der Waals surface area contributed by atoms with Crippen LogP contribution < -0.4 is 5.32 Å². The number of hydrogen-bond acceptors (Lipinski definition) is 6. The minimum Gasteiger partial charge on any atom is -0.459 e. The van der Waals surface area contributed by atoms with Gasteiger partial charge in [0.2, 0.25) is 0 Å². The molecule has 1 aromatic carbocycles. The van der Waals surface area contributed by atoms with Crippen molar-refractivity contribution in [2.24, 2.45) is 0 Å². The number of unbranched alkanes of at least 4 members (excludes halogenated alkanes) is 11. The SMILES string of the molecule is CCCCCCCCCCCCCC[C@@H](OC(C)=O)[C@@H](OC(C)=O)[C@@H](NC(=O)OC(C)(C)C)c1ccccc1. The minimum atomic E-state index is -0.908. The van der Waals surface area contributed by atoms with Crippen LogP contribution in [-0.2, 0) is 23.8 Å². The van der Waals surface area contributed by atoms with E-state index in [9.17, 15) is 14.4 Å². The maximum atomic E-state index is 12.8. The second kappa shape index (κ2) is 19.5. The van der Waals surface area contributed by atoms with Gasteiger partial charge < -0.3 is 19.5 Å². The van der Waals surface area contributed by atoms with Crippen LogP contribution in [0.15, 0.2) is 30.3 Å². The largest absolute Gasteiger partial charge is 0.459 e. The van der Waals surface area contributed by atoms with Gasteiger partial charge in [-0.3, -0.25) is 9.59 Å². The van der Waals surface area contributed by atoms with Crippen LogP contribution in [0.25, 0.3) is 0 Å². The van der Waals surface area contributed by atoms with E-state index in [0.29, 0.717) is 6.42 Å². The second-order valence-corrected chi connectivity index (χ2v) is 11.4. The van der Waals surface area contributed by atoms with E-state index in [-0.39, 0.29) is 0 Å². The molecule has 1 rings (SSSR count). The van der Waals surface area contributed by atoms with Crippen molar-refractivity contribution in [1.82, 2.24) is 5.32 Å². The van der Waals surface area contributed by atoms with Crippen LogP contribution in [0.2, 0.25) is 0 Å². The lowest BCUT2D eigenvalue weighted by atomic mass is 9.94. The molecule has 3 atom stereocenters. The minimum absolute atomic E-state index is 0.458. The number of carbonyl (C=O) groups excluding carboxylic acids is 3. The summed E-state index contributed by atoms with van der Waals surface area (Å²) in [5.41, 5.74) is 0.0218. The number of nitrogens with one attached hydrogen (secondary N) is 1. The molecule has 0 radical (unpaired) electrons. The lowest BCUT2D eigenvalue weighted by Gasteiger charge is -2.34. The fourth-order valence-corrected chi connectivity index (χ4v) is 4.69. The highest BCUT2D eigenvalue weighted by Gasteiger charge is 2.37. The molecule has 0 unspecified atom stereocenters. The van der Waals surface area contributed by atoms with Crippen LogP contribution in [0.1, 0.15) is 137 Å². The zero-order valence-corrected chi connectivity index (χ0v) is 25.3. The highest BCUT2D eigenvalue weighted by molar-refractivity contribution is 5.70. The lowest BCUT2D eigenvalue weighted by Crippen LogP contribution is -2.47. The molecule has 0 fully saturated rings. The lowest BCUT2D eigenvalue weighted by molar-refractivity contribution is -0.168. The van der Waals surface area contributed by atoms with Crippen molar-refractivity contribution in [3.63, 3.8) is 0 Å². The number of carbonyl (C=O) groups is 3. The second-order valence-electron chi connectivity index (χ2n) is 11.4. The standard InChI is InChI=1S/C32H53NO6/c1-7-8-9-10-11-12-13-14-15-16-17-21-24-28(37-25(2)34)30(38-26(3)35)29(27-22-19-18-20-23-27)33-31(36)39-32(4,5)6/h18-20,22-23,28-30H,7-17,21,24H2,1-6H3,(H,33,36)/t28-,29+,30-/m1/s1. The molecule has 1 N–H and O–H groups in total. The van der Waals surface area contributed by atoms with Crippen molar-refractivity contribution in [3.8, 4) is 0 Å². The first kappa shape index (κ1) is 34.5. The average molecular weight is 548 g/mol. The normalized spacial score (nSPS) is 13.7. The third kappa shape index (κ3) is 16.9. The van der Waals surface area contributed by atoms with E-state index in [1.54, 1.807) is 20.8 Å². The van der Waals surface area contributed by atoms with Crippen LogP contribution in [0.5, 0.6) is 0 Å². The predicted molar refractivity (Wildman–Crippen MR) is 155 cm³/mol. The molecule has 0 aliphatic rings. The molecule has 0 spiro atoms. The molecular weight excluding hydrogens is 494 g/mol. The molecule has 0 heterocycles. The van der Waals surface area contributed by atoms with Gasteiger partial charge in [0.05, 0.1) is 6.04 Å². The van der Waals surface area contributed by atoms with Crippen LogP contribution in [0, 0.1) is 0 Å². The number of esters is 2. The molecule has 222 valence electrons. The molecule has 0 aliphatic heterocycles. The molecule has 0 aliphatic carbocycles. The number of amides is 1. The van der Waals surface area contributed by atoms with E-state index in [1.165, 1.54) is 71.6 Å². The third-order valence-corrected chi connectivity index (χ3v) is 6.49. The van der Waals surface area contributed by atoms with Gasteiger partial charge in [0, 0.05) is 13.8 Å². The molecule has 1 aromatic rings. The molecular formula is C32H53NO6. The van der Waals surface area contributed by atoms with Gasteiger partial charge in [0.15, 0.2) is 6.10 Å². The Morgan fingerprint density at radius 1 is 0.744 bits per heavy atom. The maximum Gasteiger partial charge on any atom is 0.408 e. The van der Waals surface area contributed by atoms with Gasteiger partial charge in [-0.2, -0.15) is 0 Å². The first-order valence-electron chi connectivity index (χ1n) is 14.9. The monoisotopic (exact) mass is 547 g/mol. The highest BCUT2D eigenvalue weighted by Crippen LogP contribution is 2.28. The molecule has 0 saturated carbocycles. The predicted octanol–water partition coefficient (Wildman–Crippen LogP) is 8.21. The molecule has 39 heavy (non-hydrogen) atoms. The Morgan fingerprint density at radius 3 is 1.69 bits per heavy atom. The van der Waals surface area contributed by atoms with Crippen molar-refractivity contribution >= 4 is 18.0 Å². The quantitative estimate of drug-likeness (QED) is 0.107. The molecule has 1 amide bonds. The number of benzene rings is 1. The molecule has 0 saturated heterocycles. The molecule has 0 aromatic heterocycles.